The summed E-state index contributed by atoms with van der Waals surface area (Å²) in [5.41, 5.74) is 1.95. The molecule has 2 fully saturated rings. The highest BCUT2D eigenvalue weighted by Gasteiger charge is 2.27. The summed E-state index contributed by atoms with van der Waals surface area (Å²) in [6.45, 7) is 9.52. The second kappa shape index (κ2) is 9.76. The highest BCUT2D eigenvalue weighted by Crippen LogP contribution is 2.26. The number of carbonyl (C=O) groups is 1. The Kier molecular flexibility index (Phi) is 7.39. The van der Waals surface area contributed by atoms with E-state index in [1.165, 1.54) is 6.42 Å². The zero-order chi connectivity index (χ0) is 19.2. The molecule has 2 aliphatic rings. The van der Waals surface area contributed by atoms with Gasteiger partial charge < -0.3 is 14.4 Å². The molecule has 2 heterocycles. The van der Waals surface area contributed by atoms with Crippen molar-refractivity contribution in [3.63, 3.8) is 0 Å². The minimum Gasteiger partial charge on any atom is -0.484 e. The zero-order valence-corrected chi connectivity index (χ0v) is 17.3. The number of benzene rings is 1. The lowest BCUT2D eigenvalue weighted by Crippen LogP contribution is -2.47. The number of morpholine rings is 1. The molecule has 0 aliphatic carbocycles. The van der Waals surface area contributed by atoms with E-state index in [4.69, 9.17) is 21.1 Å². The molecule has 27 heavy (non-hydrogen) atoms. The van der Waals surface area contributed by atoms with E-state index >= 15 is 0 Å². The summed E-state index contributed by atoms with van der Waals surface area (Å²) in [4.78, 5) is 17.3. The average Bonchev–Trinajstić information content (AvgIpc) is 2.69. The molecule has 0 spiro atoms. The number of rotatable bonds is 6. The summed E-state index contributed by atoms with van der Waals surface area (Å²) >= 11 is 6.21. The maximum Gasteiger partial charge on any atom is 0.260 e. The molecule has 1 aromatic rings. The van der Waals surface area contributed by atoms with Gasteiger partial charge in [-0.2, -0.15) is 0 Å². The third-order valence-corrected chi connectivity index (χ3v) is 6.20. The summed E-state index contributed by atoms with van der Waals surface area (Å²) in [5, 5.41) is 0.757. The van der Waals surface area contributed by atoms with Gasteiger partial charge in [0.15, 0.2) is 6.61 Å². The van der Waals surface area contributed by atoms with Crippen LogP contribution in [0.4, 0.5) is 0 Å². The van der Waals surface area contributed by atoms with Crippen molar-refractivity contribution >= 4 is 17.5 Å². The first-order valence-electron chi connectivity index (χ1n) is 10.0. The maximum atomic E-state index is 12.8. The Morgan fingerprint density at radius 2 is 1.89 bits per heavy atom. The number of carbonyl (C=O) groups excluding carboxylic acids is 1. The highest BCUT2D eigenvalue weighted by atomic mass is 35.5. The summed E-state index contributed by atoms with van der Waals surface area (Å²) in [6.07, 6.45) is 4.41. The predicted octanol–water partition coefficient (Wildman–Crippen LogP) is 3.44. The topological polar surface area (TPSA) is 42.0 Å². The SMILES string of the molecule is Cc1cc(OCC(=O)N2CCCCC2CCN2CCOCC2)cc(C)c1Cl. The van der Waals surface area contributed by atoms with E-state index in [2.05, 4.69) is 4.90 Å². The molecule has 1 unspecified atom stereocenters. The van der Waals surface area contributed by atoms with Gasteiger partial charge in [0.05, 0.1) is 13.2 Å². The van der Waals surface area contributed by atoms with Gasteiger partial charge in [-0.25, -0.2) is 0 Å². The van der Waals surface area contributed by atoms with E-state index in [9.17, 15) is 4.79 Å². The van der Waals surface area contributed by atoms with E-state index in [-0.39, 0.29) is 12.5 Å². The van der Waals surface area contributed by atoms with Crippen LogP contribution in [0, 0.1) is 13.8 Å². The van der Waals surface area contributed by atoms with Gasteiger partial charge in [-0.05, 0) is 62.8 Å². The molecule has 0 radical (unpaired) electrons. The van der Waals surface area contributed by atoms with Crippen molar-refractivity contribution in [2.75, 3.05) is 46.0 Å². The van der Waals surface area contributed by atoms with E-state index < -0.39 is 0 Å². The first-order valence-corrected chi connectivity index (χ1v) is 10.4. The number of amides is 1. The van der Waals surface area contributed by atoms with Gasteiger partial charge in [-0.3, -0.25) is 9.69 Å². The van der Waals surface area contributed by atoms with Crippen LogP contribution < -0.4 is 4.74 Å². The minimum atomic E-state index is 0.0898. The number of piperidine rings is 1. The number of halogens is 1. The second-order valence-corrected chi connectivity index (χ2v) is 8.02. The number of nitrogens with zero attached hydrogens (tertiary/aromatic N) is 2. The molecule has 150 valence electrons. The molecule has 2 saturated heterocycles. The van der Waals surface area contributed by atoms with E-state index in [1.54, 1.807) is 0 Å². The molecule has 0 aromatic heterocycles. The van der Waals surface area contributed by atoms with E-state index in [0.29, 0.717) is 11.8 Å². The molecular weight excluding hydrogens is 364 g/mol. The van der Waals surface area contributed by atoms with Crippen molar-refractivity contribution < 1.29 is 14.3 Å². The number of hydrogen-bond acceptors (Lipinski definition) is 4. The Morgan fingerprint density at radius 1 is 1.19 bits per heavy atom. The number of ether oxygens (including phenoxy) is 2. The number of likely N-dealkylation sites (tertiary alicyclic amines) is 1. The molecule has 1 aromatic carbocycles. The van der Waals surface area contributed by atoms with Gasteiger partial charge >= 0.3 is 0 Å². The highest BCUT2D eigenvalue weighted by molar-refractivity contribution is 6.32. The minimum absolute atomic E-state index is 0.0898. The van der Waals surface area contributed by atoms with Crippen LogP contribution in [0.3, 0.4) is 0 Å². The van der Waals surface area contributed by atoms with Crippen molar-refractivity contribution in [2.24, 2.45) is 0 Å². The fourth-order valence-electron chi connectivity index (χ4n) is 4.00. The molecular formula is C21H31ClN2O3. The first kappa shape index (κ1) is 20.4. The summed E-state index contributed by atoms with van der Waals surface area (Å²) in [6, 6.07) is 4.12. The molecule has 3 rings (SSSR count). The second-order valence-electron chi connectivity index (χ2n) is 7.64. The molecule has 0 saturated carbocycles. The Bertz CT molecular complexity index is 623. The zero-order valence-electron chi connectivity index (χ0n) is 16.5. The van der Waals surface area contributed by atoms with Crippen LogP contribution in [0.15, 0.2) is 12.1 Å². The molecule has 2 aliphatic heterocycles. The van der Waals surface area contributed by atoms with Crippen molar-refractivity contribution in [2.45, 2.75) is 45.6 Å². The number of hydrogen-bond donors (Lipinski definition) is 0. The fraction of sp³-hybridized carbons (Fsp3) is 0.667. The van der Waals surface area contributed by atoms with Crippen LogP contribution in [0.5, 0.6) is 5.75 Å². The smallest absolute Gasteiger partial charge is 0.260 e. The molecule has 6 heteroatoms. The molecule has 1 amide bonds. The molecule has 0 bridgehead atoms. The van der Waals surface area contributed by atoms with Crippen molar-refractivity contribution in [3.05, 3.63) is 28.3 Å². The third-order valence-electron chi connectivity index (χ3n) is 5.60. The van der Waals surface area contributed by atoms with Crippen LogP contribution in [0.2, 0.25) is 5.02 Å². The lowest BCUT2D eigenvalue weighted by molar-refractivity contribution is -0.137. The van der Waals surface area contributed by atoms with Crippen molar-refractivity contribution in [3.8, 4) is 5.75 Å². The lowest BCUT2D eigenvalue weighted by atomic mass is 9.99. The van der Waals surface area contributed by atoms with Crippen LogP contribution in [-0.2, 0) is 9.53 Å². The van der Waals surface area contributed by atoms with Crippen LogP contribution >= 0.6 is 11.6 Å². The van der Waals surface area contributed by atoms with Gasteiger partial charge in [0.2, 0.25) is 0 Å². The van der Waals surface area contributed by atoms with E-state index in [1.807, 2.05) is 30.9 Å². The average molecular weight is 395 g/mol. The Labute approximate surface area is 167 Å². The molecule has 0 N–H and O–H groups in total. The lowest BCUT2D eigenvalue weighted by Gasteiger charge is -2.37. The molecule has 5 nitrogen and oxygen atoms in total. The van der Waals surface area contributed by atoms with Crippen molar-refractivity contribution in [1.29, 1.82) is 0 Å². The van der Waals surface area contributed by atoms with Crippen LogP contribution in [0.1, 0.15) is 36.8 Å². The normalized spacial score (nSPS) is 21.3. The van der Waals surface area contributed by atoms with Gasteiger partial charge in [-0.15, -0.1) is 0 Å². The Morgan fingerprint density at radius 3 is 2.59 bits per heavy atom. The van der Waals surface area contributed by atoms with Gasteiger partial charge in [-0.1, -0.05) is 11.6 Å². The monoisotopic (exact) mass is 394 g/mol. The third kappa shape index (κ3) is 5.59. The fourth-order valence-corrected chi connectivity index (χ4v) is 4.11. The quantitative estimate of drug-likeness (QED) is 0.741. The summed E-state index contributed by atoms with van der Waals surface area (Å²) in [7, 11) is 0. The summed E-state index contributed by atoms with van der Waals surface area (Å²) in [5.74, 6) is 0.802. The predicted molar refractivity (Wildman–Crippen MR) is 108 cm³/mol. The largest absolute Gasteiger partial charge is 0.484 e. The maximum absolute atomic E-state index is 12.8. The van der Waals surface area contributed by atoms with Gasteiger partial charge in [0.25, 0.3) is 5.91 Å². The van der Waals surface area contributed by atoms with Gasteiger partial charge in [0.1, 0.15) is 5.75 Å². The Hall–Kier alpha value is -1.30. The van der Waals surface area contributed by atoms with E-state index in [0.717, 1.165) is 74.8 Å². The van der Waals surface area contributed by atoms with Crippen molar-refractivity contribution in [1.82, 2.24) is 9.80 Å². The molecule has 1 atom stereocenters. The Balaban J connectivity index is 1.53. The van der Waals surface area contributed by atoms with Crippen LogP contribution in [-0.4, -0.2) is 67.7 Å². The standard InChI is InChI=1S/C21H31ClN2O3/c1-16-13-19(14-17(2)21(16)22)27-15-20(25)24-7-4-3-5-18(24)6-8-23-9-11-26-12-10-23/h13-14,18H,3-12,15H2,1-2H3. The number of aryl methyl sites for hydroxylation is 2. The summed E-state index contributed by atoms with van der Waals surface area (Å²) < 4.78 is 11.2. The van der Waals surface area contributed by atoms with Gasteiger partial charge in [0, 0.05) is 37.2 Å². The van der Waals surface area contributed by atoms with Crippen LogP contribution in [0.25, 0.3) is 0 Å². The first-order chi connectivity index (χ1) is 13.0.